The highest BCUT2D eigenvalue weighted by molar-refractivity contribution is 6.30. The quantitative estimate of drug-likeness (QED) is 0.618. The van der Waals surface area contributed by atoms with Gasteiger partial charge in [-0.1, -0.05) is 11.6 Å². The summed E-state index contributed by atoms with van der Waals surface area (Å²) in [5, 5.41) is 3.66. The second kappa shape index (κ2) is 8.35. The van der Waals surface area contributed by atoms with Crippen molar-refractivity contribution in [2.75, 3.05) is 0 Å². The number of hydrogen-bond acceptors (Lipinski definition) is 5. The molecule has 0 bridgehead atoms. The fraction of sp³-hybridized carbons (Fsp3) is 0.450. The maximum absolute atomic E-state index is 12.6. The zero-order valence-corrected chi connectivity index (χ0v) is 18.2. The van der Waals surface area contributed by atoms with Gasteiger partial charge in [-0.2, -0.15) is 4.98 Å². The first-order chi connectivity index (χ1) is 14.3. The number of fused-ring (bicyclic) bond motifs is 1. The molecule has 1 fully saturated rings. The molecule has 10 heteroatoms. The summed E-state index contributed by atoms with van der Waals surface area (Å²) < 4.78 is 3.21. The molecule has 3 aromatic heterocycles. The molecule has 1 N–H and O–H groups in total. The van der Waals surface area contributed by atoms with E-state index >= 15 is 0 Å². The highest BCUT2D eigenvalue weighted by Crippen LogP contribution is 2.27. The number of amides is 1. The molecule has 1 amide bonds. The van der Waals surface area contributed by atoms with Gasteiger partial charge >= 0.3 is 5.69 Å². The summed E-state index contributed by atoms with van der Waals surface area (Å²) in [5.41, 5.74) is 2.26. The monoisotopic (exact) mass is 448 g/mol. The van der Waals surface area contributed by atoms with E-state index in [1.807, 2.05) is 0 Å². The van der Waals surface area contributed by atoms with Crippen molar-refractivity contribution < 1.29 is 4.79 Å². The third kappa shape index (κ3) is 4.06. The zero-order valence-electron chi connectivity index (χ0n) is 16.7. The van der Waals surface area contributed by atoms with E-state index in [-0.39, 0.29) is 22.9 Å². The summed E-state index contributed by atoms with van der Waals surface area (Å²) in [6.07, 6.45) is 6.66. The highest BCUT2D eigenvalue weighted by Gasteiger charge is 2.25. The van der Waals surface area contributed by atoms with Crippen LogP contribution in [0.5, 0.6) is 0 Å². The van der Waals surface area contributed by atoms with E-state index < -0.39 is 0 Å². The normalized spacial score (nSPS) is 19.2. The SMILES string of the molecule is Cc1ncc(Cl)cc1C(=O)N[C@H]1CC[C@H](Cn2c(=O)n(C)c3nc(Cl)ncc32)CC1. The molecule has 0 spiro atoms. The van der Waals surface area contributed by atoms with Crippen LogP contribution in [0.25, 0.3) is 11.2 Å². The molecule has 0 atom stereocenters. The number of pyridine rings is 1. The van der Waals surface area contributed by atoms with Crippen LogP contribution in [0.15, 0.2) is 23.3 Å². The lowest BCUT2D eigenvalue weighted by atomic mass is 9.85. The van der Waals surface area contributed by atoms with Crippen LogP contribution < -0.4 is 11.0 Å². The number of carbonyl (C=O) groups is 1. The Kier molecular flexibility index (Phi) is 5.79. The van der Waals surface area contributed by atoms with Crippen LogP contribution in [0.1, 0.15) is 41.7 Å². The number of hydrogen-bond donors (Lipinski definition) is 1. The van der Waals surface area contributed by atoms with Gasteiger partial charge in [-0.15, -0.1) is 0 Å². The Labute approximate surface area is 183 Å². The minimum Gasteiger partial charge on any atom is -0.349 e. The lowest BCUT2D eigenvalue weighted by Crippen LogP contribution is -2.39. The van der Waals surface area contributed by atoms with Crippen LogP contribution in [-0.4, -0.2) is 36.0 Å². The van der Waals surface area contributed by atoms with Gasteiger partial charge in [0.25, 0.3) is 5.91 Å². The molecule has 1 aliphatic carbocycles. The molecule has 158 valence electrons. The predicted octanol–water partition coefficient (Wildman–Crippen LogP) is 3.13. The van der Waals surface area contributed by atoms with E-state index in [1.54, 1.807) is 30.8 Å². The van der Waals surface area contributed by atoms with E-state index in [9.17, 15) is 9.59 Å². The minimum absolute atomic E-state index is 0.0958. The molecule has 0 aliphatic heterocycles. The second-order valence-electron chi connectivity index (χ2n) is 7.78. The predicted molar refractivity (Wildman–Crippen MR) is 115 cm³/mol. The van der Waals surface area contributed by atoms with Crippen LogP contribution in [0.4, 0.5) is 0 Å². The molecule has 0 saturated heterocycles. The van der Waals surface area contributed by atoms with Crippen LogP contribution in [0, 0.1) is 12.8 Å². The first-order valence-electron chi connectivity index (χ1n) is 9.84. The smallest absolute Gasteiger partial charge is 0.330 e. The largest absolute Gasteiger partial charge is 0.349 e. The third-order valence-corrected chi connectivity index (χ3v) is 6.16. The Morgan fingerprint density at radius 1 is 1.20 bits per heavy atom. The second-order valence-corrected chi connectivity index (χ2v) is 8.55. The van der Waals surface area contributed by atoms with Crippen LogP contribution in [0.3, 0.4) is 0 Å². The van der Waals surface area contributed by atoms with Crippen molar-refractivity contribution in [3.05, 3.63) is 50.5 Å². The molecule has 4 rings (SSSR count). The number of nitrogens with one attached hydrogen (secondary N) is 1. The van der Waals surface area contributed by atoms with Crippen molar-refractivity contribution in [2.24, 2.45) is 13.0 Å². The Morgan fingerprint density at radius 2 is 1.93 bits per heavy atom. The first-order valence-corrected chi connectivity index (χ1v) is 10.6. The maximum atomic E-state index is 12.6. The lowest BCUT2D eigenvalue weighted by molar-refractivity contribution is 0.0919. The summed E-state index contributed by atoms with van der Waals surface area (Å²) in [5.74, 6) is 0.192. The van der Waals surface area contributed by atoms with Gasteiger partial charge in [-0.25, -0.2) is 9.78 Å². The van der Waals surface area contributed by atoms with Gasteiger partial charge in [0.2, 0.25) is 5.28 Å². The number of carbonyl (C=O) groups excluding carboxylic acids is 1. The first kappa shape index (κ1) is 20.8. The maximum Gasteiger partial charge on any atom is 0.330 e. The standard InChI is InChI=1S/C20H22Cl2N6O2/c1-11-15(7-13(21)8-23-11)18(29)25-14-5-3-12(4-6-14)10-28-16-9-24-19(22)26-17(16)27(2)20(28)30/h7-9,12,14H,3-6,10H2,1-2H3,(H,25,29)/t12-,14-. The molecule has 0 radical (unpaired) electrons. The molecule has 0 unspecified atom stereocenters. The number of halogens is 2. The third-order valence-electron chi connectivity index (χ3n) is 5.77. The van der Waals surface area contributed by atoms with Crippen molar-refractivity contribution >= 4 is 40.3 Å². The molecule has 1 saturated carbocycles. The fourth-order valence-electron chi connectivity index (χ4n) is 4.08. The van der Waals surface area contributed by atoms with Crippen molar-refractivity contribution in [1.82, 2.24) is 29.4 Å². The lowest BCUT2D eigenvalue weighted by Gasteiger charge is -2.29. The van der Waals surface area contributed by atoms with E-state index in [1.165, 1.54) is 10.8 Å². The Bertz CT molecular complexity index is 1160. The van der Waals surface area contributed by atoms with Crippen molar-refractivity contribution in [3.8, 4) is 0 Å². The summed E-state index contributed by atoms with van der Waals surface area (Å²) in [4.78, 5) is 37.6. The molecule has 1 aliphatic rings. The van der Waals surface area contributed by atoms with E-state index in [0.29, 0.717) is 39.9 Å². The zero-order chi connectivity index (χ0) is 21.4. The molecular weight excluding hydrogens is 427 g/mol. The number of aromatic nitrogens is 5. The van der Waals surface area contributed by atoms with Gasteiger partial charge in [0.05, 0.1) is 22.5 Å². The fourth-order valence-corrected chi connectivity index (χ4v) is 4.37. The van der Waals surface area contributed by atoms with Crippen LogP contribution in [-0.2, 0) is 13.6 Å². The van der Waals surface area contributed by atoms with E-state index in [2.05, 4.69) is 20.3 Å². The van der Waals surface area contributed by atoms with Gasteiger partial charge in [0.15, 0.2) is 5.65 Å². The molecule has 3 aromatic rings. The summed E-state index contributed by atoms with van der Waals surface area (Å²) in [6, 6.07) is 1.74. The topological polar surface area (TPSA) is 94.7 Å². The molecule has 8 nitrogen and oxygen atoms in total. The van der Waals surface area contributed by atoms with Gasteiger partial charge in [-0.3, -0.25) is 18.9 Å². The van der Waals surface area contributed by atoms with Crippen LogP contribution in [0.2, 0.25) is 10.3 Å². The van der Waals surface area contributed by atoms with Gasteiger partial charge in [-0.05, 0) is 56.2 Å². The number of aryl methyl sites for hydroxylation is 2. The Balaban J connectivity index is 1.40. The number of rotatable bonds is 4. The average molecular weight is 449 g/mol. The Hall–Kier alpha value is -2.45. The van der Waals surface area contributed by atoms with Crippen molar-refractivity contribution in [2.45, 2.75) is 45.2 Å². The van der Waals surface area contributed by atoms with Gasteiger partial charge in [0.1, 0.15) is 5.52 Å². The molecular formula is C20H22Cl2N6O2. The summed E-state index contributed by atoms with van der Waals surface area (Å²) in [6.45, 7) is 2.39. The van der Waals surface area contributed by atoms with E-state index in [4.69, 9.17) is 23.2 Å². The Morgan fingerprint density at radius 3 is 2.67 bits per heavy atom. The minimum atomic E-state index is -0.148. The summed E-state index contributed by atoms with van der Waals surface area (Å²) >= 11 is 11.8. The highest BCUT2D eigenvalue weighted by atomic mass is 35.5. The van der Waals surface area contributed by atoms with Crippen molar-refractivity contribution in [1.29, 1.82) is 0 Å². The van der Waals surface area contributed by atoms with Crippen LogP contribution >= 0.6 is 23.2 Å². The molecule has 30 heavy (non-hydrogen) atoms. The van der Waals surface area contributed by atoms with Gasteiger partial charge in [0, 0.05) is 25.8 Å². The number of nitrogens with zero attached hydrogens (tertiary/aromatic N) is 5. The summed E-state index contributed by atoms with van der Waals surface area (Å²) in [7, 11) is 1.68. The average Bonchev–Trinajstić information content (AvgIpc) is 2.95. The van der Waals surface area contributed by atoms with E-state index in [0.717, 1.165) is 25.7 Å². The molecule has 0 aromatic carbocycles. The molecule has 3 heterocycles. The van der Waals surface area contributed by atoms with Crippen molar-refractivity contribution in [3.63, 3.8) is 0 Å². The number of imidazole rings is 1. The van der Waals surface area contributed by atoms with Gasteiger partial charge < -0.3 is 5.32 Å².